The number of ether oxygens (including phenoxy) is 1. The normalized spacial score (nSPS) is 26.5. The Morgan fingerprint density at radius 3 is 2.50 bits per heavy atom. The number of nitrogens with one attached hydrogen (secondary N) is 1. The zero-order valence-corrected chi connectivity index (χ0v) is 20.0. The zero-order valence-electron chi connectivity index (χ0n) is 19.3. The fourth-order valence-electron chi connectivity index (χ4n) is 5.49. The van der Waals surface area contributed by atoms with E-state index in [9.17, 15) is 9.59 Å². The molecule has 5 rings (SSSR count). The van der Waals surface area contributed by atoms with E-state index in [1.54, 1.807) is 18.2 Å². The van der Waals surface area contributed by atoms with Crippen LogP contribution in [0.25, 0.3) is 6.08 Å². The summed E-state index contributed by atoms with van der Waals surface area (Å²) < 4.78 is 6.07. The molecule has 3 unspecified atom stereocenters. The van der Waals surface area contributed by atoms with E-state index in [2.05, 4.69) is 35.6 Å². The number of carbonyl (C=O) groups excluding carboxylic acids is 2. The first-order valence-corrected chi connectivity index (χ1v) is 12.7. The Labute approximate surface area is 206 Å². The van der Waals surface area contributed by atoms with Crippen LogP contribution >= 0.6 is 11.6 Å². The number of rotatable bonds is 4. The molecule has 6 heteroatoms. The SMILES string of the molecule is O=C1NC2CC(C(=O)N3CCC(Cc4ccccc4)CC3)CCC2O/C1=C\c1ccc(Cl)cc1. The summed E-state index contributed by atoms with van der Waals surface area (Å²) >= 11 is 5.95. The maximum atomic E-state index is 13.3. The van der Waals surface area contributed by atoms with Crippen molar-refractivity contribution < 1.29 is 14.3 Å². The van der Waals surface area contributed by atoms with E-state index in [0.29, 0.717) is 23.1 Å². The number of benzene rings is 2. The van der Waals surface area contributed by atoms with Crippen molar-refractivity contribution in [1.29, 1.82) is 0 Å². The van der Waals surface area contributed by atoms with Gasteiger partial charge in [0.2, 0.25) is 5.91 Å². The molecular formula is C28H31ClN2O3. The molecule has 1 saturated carbocycles. The number of hydrogen-bond acceptors (Lipinski definition) is 3. The largest absolute Gasteiger partial charge is 0.483 e. The smallest absolute Gasteiger partial charge is 0.286 e. The Kier molecular flexibility index (Phi) is 6.91. The van der Waals surface area contributed by atoms with Crippen LogP contribution < -0.4 is 5.32 Å². The number of hydrogen-bond donors (Lipinski definition) is 1. The Hall–Kier alpha value is -2.79. The molecule has 2 heterocycles. The van der Waals surface area contributed by atoms with Crippen molar-refractivity contribution >= 4 is 29.5 Å². The first-order chi connectivity index (χ1) is 16.5. The number of morpholine rings is 1. The molecule has 3 aliphatic rings. The van der Waals surface area contributed by atoms with Gasteiger partial charge in [-0.2, -0.15) is 0 Å². The van der Waals surface area contributed by atoms with Gasteiger partial charge in [0.05, 0.1) is 6.04 Å². The van der Waals surface area contributed by atoms with Crippen LogP contribution in [-0.2, 0) is 20.7 Å². The van der Waals surface area contributed by atoms with E-state index in [0.717, 1.165) is 50.8 Å². The van der Waals surface area contributed by atoms with E-state index in [1.807, 2.05) is 17.0 Å². The molecule has 1 N–H and O–H groups in total. The lowest BCUT2D eigenvalue weighted by Gasteiger charge is -2.41. The number of halogens is 1. The van der Waals surface area contributed by atoms with Crippen molar-refractivity contribution in [3.05, 3.63) is 76.5 Å². The van der Waals surface area contributed by atoms with Gasteiger partial charge in [-0.3, -0.25) is 9.59 Å². The van der Waals surface area contributed by atoms with Gasteiger partial charge >= 0.3 is 0 Å². The Morgan fingerprint density at radius 2 is 1.76 bits per heavy atom. The standard InChI is InChI=1S/C28H31ClN2O3/c29-23-9-6-20(7-10-23)17-26-27(32)30-24-18-22(8-11-25(24)34-26)28(33)31-14-12-21(13-15-31)16-19-4-2-1-3-5-19/h1-7,9-10,17,21-22,24-25H,8,11-16,18H2,(H,30,32)/b26-17-. The third-order valence-corrected chi connectivity index (χ3v) is 7.67. The highest BCUT2D eigenvalue weighted by molar-refractivity contribution is 6.30. The number of piperidine rings is 1. The molecule has 0 spiro atoms. The Morgan fingerprint density at radius 1 is 1.03 bits per heavy atom. The summed E-state index contributed by atoms with van der Waals surface area (Å²) in [5.74, 6) is 0.949. The fraction of sp³-hybridized carbons (Fsp3) is 0.429. The molecule has 3 fully saturated rings. The van der Waals surface area contributed by atoms with Gasteiger partial charge in [-0.1, -0.05) is 54.1 Å². The first kappa shape index (κ1) is 23.0. The lowest BCUT2D eigenvalue weighted by atomic mass is 9.81. The van der Waals surface area contributed by atoms with Crippen LogP contribution in [0.4, 0.5) is 0 Å². The summed E-state index contributed by atoms with van der Waals surface area (Å²) in [6.07, 6.45) is 7.07. The molecule has 2 aromatic carbocycles. The topological polar surface area (TPSA) is 58.6 Å². The zero-order chi connectivity index (χ0) is 23.5. The van der Waals surface area contributed by atoms with E-state index in [4.69, 9.17) is 16.3 Å². The maximum Gasteiger partial charge on any atom is 0.286 e. The molecule has 1 aliphatic carbocycles. The molecule has 2 amide bonds. The number of carbonyl (C=O) groups is 2. The van der Waals surface area contributed by atoms with Gasteiger partial charge in [-0.15, -0.1) is 0 Å². The monoisotopic (exact) mass is 478 g/mol. The van der Waals surface area contributed by atoms with Gasteiger partial charge in [-0.25, -0.2) is 0 Å². The predicted molar refractivity (Wildman–Crippen MR) is 133 cm³/mol. The summed E-state index contributed by atoms with van der Waals surface area (Å²) in [5, 5.41) is 3.75. The van der Waals surface area contributed by atoms with Crippen molar-refractivity contribution in [2.24, 2.45) is 11.8 Å². The minimum atomic E-state index is -0.217. The highest BCUT2D eigenvalue weighted by atomic mass is 35.5. The van der Waals surface area contributed by atoms with Crippen molar-refractivity contribution in [3.8, 4) is 0 Å². The minimum Gasteiger partial charge on any atom is -0.483 e. The Bertz CT molecular complexity index is 1050. The lowest BCUT2D eigenvalue weighted by molar-refractivity contribution is -0.142. The average molecular weight is 479 g/mol. The van der Waals surface area contributed by atoms with Crippen LogP contribution in [0.3, 0.4) is 0 Å². The molecule has 0 bridgehead atoms. The van der Waals surface area contributed by atoms with Crippen LogP contribution in [-0.4, -0.2) is 41.9 Å². The van der Waals surface area contributed by atoms with Crippen LogP contribution in [0.2, 0.25) is 5.02 Å². The first-order valence-electron chi connectivity index (χ1n) is 12.3. The van der Waals surface area contributed by atoms with Crippen LogP contribution in [0.15, 0.2) is 60.4 Å². The van der Waals surface area contributed by atoms with Crippen molar-refractivity contribution in [3.63, 3.8) is 0 Å². The molecule has 2 aliphatic heterocycles. The van der Waals surface area contributed by atoms with E-state index < -0.39 is 0 Å². The van der Waals surface area contributed by atoms with E-state index >= 15 is 0 Å². The predicted octanol–water partition coefficient (Wildman–Crippen LogP) is 4.85. The van der Waals surface area contributed by atoms with Gasteiger partial charge in [0.25, 0.3) is 5.91 Å². The molecule has 3 atom stereocenters. The molecule has 178 valence electrons. The van der Waals surface area contributed by atoms with E-state index in [-0.39, 0.29) is 29.9 Å². The van der Waals surface area contributed by atoms with Crippen molar-refractivity contribution in [2.75, 3.05) is 13.1 Å². The van der Waals surface area contributed by atoms with Gasteiger partial charge in [-0.05, 0) is 73.8 Å². The number of fused-ring (bicyclic) bond motifs is 1. The van der Waals surface area contributed by atoms with Gasteiger partial charge < -0.3 is 15.0 Å². The third kappa shape index (κ3) is 5.30. The van der Waals surface area contributed by atoms with Crippen LogP contribution in [0.1, 0.15) is 43.2 Å². The molecule has 2 saturated heterocycles. The lowest BCUT2D eigenvalue weighted by Crippen LogP contribution is -2.55. The molecular weight excluding hydrogens is 448 g/mol. The van der Waals surface area contributed by atoms with Crippen LogP contribution in [0, 0.1) is 11.8 Å². The van der Waals surface area contributed by atoms with Crippen molar-refractivity contribution in [1.82, 2.24) is 10.2 Å². The number of amides is 2. The summed E-state index contributed by atoms with van der Waals surface area (Å²) in [6.45, 7) is 1.66. The second-order valence-corrected chi connectivity index (χ2v) is 10.2. The molecule has 0 aromatic heterocycles. The highest BCUT2D eigenvalue weighted by Gasteiger charge is 2.41. The average Bonchev–Trinajstić information content (AvgIpc) is 2.86. The van der Waals surface area contributed by atoms with Gasteiger partial charge in [0.15, 0.2) is 5.76 Å². The molecule has 0 radical (unpaired) electrons. The summed E-state index contributed by atoms with van der Waals surface area (Å²) in [6, 6.07) is 17.8. The number of likely N-dealkylation sites (tertiary alicyclic amines) is 1. The number of nitrogens with zero attached hydrogens (tertiary/aromatic N) is 1. The fourth-order valence-corrected chi connectivity index (χ4v) is 5.62. The van der Waals surface area contributed by atoms with E-state index in [1.165, 1.54) is 5.56 Å². The second-order valence-electron chi connectivity index (χ2n) is 9.76. The Balaban J connectivity index is 1.14. The van der Waals surface area contributed by atoms with Gasteiger partial charge in [0, 0.05) is 24.0 Å². The van der Waals surface area contributed by atoms with Crippen molar-refractivity contribution in [2.45, 2.75) is 50.7 Å². The van der Waals surface area contributed by atoms with Gasteiger partial charge in [0.1, 0.15) is 6.10 Å². The highest BCUT2D eigenvalue weighted by Crippen LogP contribution is 2.33. The summed E-state index contributed by atoms with van der Waals surface area (Å²) in [7, 11) is 0. The molecule has 5 nitrogen and oxygen atoms in total. The minimum absolute atomic E-state index is 0.0439. The molecule has 34 heavy (non-hydrogen) atoms. The molecule has 2 aromatic rings. The maximum absolute atomic E-state index is 13.3. The summed E-state index contributed by atoms with van der Waals surface area (Å²) in [4.78, 5) is 28.0. The third-order valence-electron chi connectivity index (χ3n) is 7.42. The summed E-state index contributed by atoms with van der Waals surface area (Å²) in [5.41, 5.74) is 2.25. The van der Waals surface area contributed by atoms with Crippen LogP contribution in [0.5, 0.6) is 0 Å². The second kappa shape index (κ2) is 10.2. The quantitative estimate of drug-likeness (QED) is 0.639.